The van der Waals surface area contributed by atoms with Crippen molar-refractivity contribution in [2.75, 3.05) is 32.7 Å². The SMILES string of the molecule is O=C(C1CCNC1)N1CCNCC1c1ccccc1Cl. The highest BCUT2D eigenvalue weighted by atomic mass is 35.5. The second-order valence-electron chi connectivity index (χ2n) is 5.46. The maximum Gasteiger partial charge on any atom is 0.227 e. The van der Waals surface area contributed by atoms with E-state index in [1.807, 2.05) is 29.2 Å². The van der Waals surface area contributed by atoms with Crippen LogP contribution in [0.2, 0.25) is 5.02 Å². The maximum atomic E-state index is 12.7. The van der Waals surface area contributed by atoms with E-state index in [0.717, 1.165) is 49.7 Å². The van der Waals surface area contributed by atoms with Crippen LogP contribution in [0.25, 0.3) is 0 Å². The molecular formula is C15H20ClN3O. The summed E-state index contributed by atoms with van der Waals surface area (Å²) in [6.45, 7) is 4.13. The van der Waals surface area contributed by atoms with Gasteiger partial charge < -0.3 is 15.5 Å². The van der Waals surface area contributed by atoms with Gasteiger partial charge in [-0.3, -0.25) is 4.79 Å². The topological polar surface area (TPSA) is 44.4 Å². The minimum atomic E-state index is 0.0468. The van der Waals surface area contributed by atoms with E-state index in [2.05, 4.69) is 10.6 Å². The van der Waals surface area contributed by atoms with Crippen LogP contribution in [0.1, 0.15) is 18.0 Å². The molecule has 0 saturated carbocycles. The lowest BCUT2D eigenvalue weighted by atomic mass is 9.99. The minimum absolute atomic E-state index is 0.0468. The average molecular weight is 294 g/mol. The van der Waals surface area contributed by atoms with E-state index in [1.54, 1.807) is 0 Å². The van der Waals surface area contributed by atoms with Crippen molar-refractivity contribution in [2.45, 2.75) is 12.5 Å². The number of carbonyl (C=O) groups excluding carboxylic acids is 1. The third-order valence-electron chi connectivity index (χ3n) is 4.20. The van der Waals surface area contributed by atoms with E-state index >= 15 is 0 Å². The first-order valence-corrected chi connectivity index (χ1v) is 7.61. The quantitative estimate of drug-likeness (QED) is 0.867. The fourth-order valence-corrected chi connectivity index (χ4v) is 3.35. The number of rotatable bonds is 2. The molecule has 2 aliphatic heterocycles. The molecule has 2 saturated heterocycles. The summed E-state index contributed by atoms with van der Waals surface area (Å²) in [6, 6.07) is 7.87. The molecule has 0 aliphatic carbocycles. The lowest BCUT2D eigenvalue weighted by molar-refractivity contribution is -0.138. The minimum Gasteiger partial charge on any atom is -0.333 e. The van der Waals surface area contributed by atoms with Crippen LogP contribution in [-0.2, 0) is 4.79 Å². The van der Waals surface area contributed by atoms with Crippen LogP contribution < -0.4 is 10.6 Å². The van der Waals surface area contributed by atoms with Crippen LogP contribution in [0.15, 0.2) is 24.3 Å². The van der Waals surface area contributed by atoms with Crippen molar-refractivity contribution >= 4 is 17.5 Å². The van der Waals surface area contributed by atoms with Crippen molar-refractivity contribution in [3.05, 3.63) is 34.9 Å². The highest BCUT2D eigenvalue weighted by Gasteiger charge is 2.34. The Morgan fingerprint density at radius 2 is 2.00 bits per heavy atom. The van der Waals surface area contributed by atoms with Gasteiger partial charge in [-0.2, -0.15) is 0 Å². The predicted molar refractivity (Wildman–Crippen MR) is 79.8 cm³/mol. The zero-order valence-corrected chi connectivity index (χ0v) is 12.2. The van der Waals surface area contributed by atoms with E-state index in [0.29, 0.717) is 0 Å². The lowest BCUT2D eigenvalue weighted by Crippen LogP contribution is -2.50. The highest BCUT2D eigenvalue weighted by Crippen LogP contribution is 2.30. The van der Waals surface area contributed by atoms with Gasteiger partial charge in [0.2, 0.25) is 5.91 Å². The predicted octanol–water partition coefficient (Wildman–Crippen LogP) is 1.42. The van der Waals surface area contributed by atoms with Crippen LogP contribution in [0, 0.1) is 5.92 Å². The Morgan fingerprint density at radius 1 is 1.20 bits per heavy atom. The normalized spacial score (nSPS) is 26.8. The molecular weight excluding hydrogens is 274 g/mol. The molecule has 0 bridgehead atoms. The molecule has 1 aromatic carbocycles. The third-order valence-corrected chi connectivity index (χ3v) is 4.54. The van der Waals surface area contributed by atoms with Crippen LogP contribution in [0.3, 0.4) is 0 Å². The zero-order chi connectivity index (χ0) is 13.9. The number of hydrogen-bond donors (Lipinski definition) is 2. The number of carbonyl (C=O) groups is 1. The van der Waals surface area contributed by atoms with Gasteiger partial charge in [0.25, 0.3) is 0 Å². The number of amides is 1. The molecule has 20 heavy (non-hydrogen) atoms. The van der Waals surface area contributed by atoms with Gasteiger partial charge in [0.05, 0.1) is 12.0 Å². The second-order valence-corrected chi connectivity index (χ2v) is 5.87. The first kappa shape index (κ1) is 13.9. The zero-order valence-electron chi connectivity index (χ0n) is 11.4. The highest BCUT2D eigenvalue weighted by molar-refractivity contribution is 6.31. The first-order valence-electron chi connectivity index (χ1n) is 7.23. The van der Waals surface area contributed by atoms with Crippen molar-refractivity contribution in [1.29, 1.82) is 0 Å². The lowest BCUT2D eigenvalue weighted by Gasteiger charge is -2.38. The Balaban J connectivity index is 1.83. The molecule has 2 fully saturated rings. The molecule has 1 aromatic rings. The molecule has 2 aliphatic rings. The number of nitrogens with one attached hydrogen (secondary N) is 2. The smallest absolute Gasteiger partial charge is 0.227 e. The van der Waals surface area contributed by atoms with Crippen molar-refractivity contribution in [1.82, 2.24) is 15.5 Å². The van der Waals surface area contributed by atoms with E-state index in [1.165, 1.54) is 0 Å². The molecule has 2 heterocycles. The van der Waals surface area contributed by atoms with Gasteiger partial charge in [0.1, 0.15) is 0 Å². The van der Waals surface area contributed by atoms with Crippen LogP contribution >= 0.6 is 11.6 Å². The summed E-state index contributed by atoms with van der Waals surface area (Å²) in [5.74, 6) is 0.388. The Morgan fingerprint density at radius 3 is 2.75 bits per heavy atom. The summed E-state index contributed by atoms with van der Waals surface area (Å²) in [6.07, 6.45) is 0.942. The molecule has 2 N–H and O–H groups in total. The Bertz CT molecular complexity index is 488. The van der Waals surface area contributed by atoms with Crippen molar-refractivity contribution in [3.8, 4) is 0 Å². The van der Waals surface area contributed by atoms with Crippen LogP contribution in [-0.4, -0.2) is 43.5 Å². The molecule has 4 nitrogen and oxygen atoms in total. The Labute approximate surface area is 124 Å². The van der Waals surface area contributed by atoms with E-state index in [4.69, 9.17) is 11.6 Å². The monoisotopic (exact) mass is 293 g/mol. The first-order chi connectivity index (χ1) is 9.77. The summed E-state index contributed by atoms with van der Waals surface area (Å²) in [4.78, 5) is 14.7. The fraction of sp³-hybridized carbons (Fsp3) is 0.533. The van der Waals surface area contributed by atoms with Gasteiger partial charge in [0.15, 0.2) is 0 Å². The van der Waals surface area contributed by atoms with Gasteiger partial charge in [-0.1, -0.05) is 29.8 Å². The van der Waals surface area contributed by atoms with Crippen molar-refractivity contribution < 1.29 is 4.79 Å². The van der Waals surface area contributed by atoms with Gasteiger partial charge in [-0.15, -0.1) is 0 Å². The second kappa shape index (κ2) is 6.12. The number of hydrogen-bond acceptors (Lipinski definition) is 3. The Hall–Kier alpha value is -1.10. The summed E-state index contributed by atoms with van der Waals surface area (Å²) < 4.78 is 0. The summed E-state index contributed by atoms with van der Waals surface area (Å²) >= 11 is 6.31. The molecule has 108 valence electrons. The van der Waals surface area contributed by atoms with E-state index in [-0.39, 0.29) is 17.9 Å². The molecule has 0 aromatic heterocycles. The van der Waals surface area contributed by atoms with Crippen LogP contribution in [0.4, 0.5) is 0 Å². The number of benzene rings is 1. The fourth-order valence-electron chi connectivity index (χ4n) is 3.09. The van der Waals surface area contributed by atoms with E-state index < -0.39 is 0 Å². The number of nitrogens with zero attached hydrogens (tertiary/aromatic N) is 1. The van der Waals surface area contributed by atoms with Gasteiger partial charge >= 0.3 is 0 Å². The molecule has 5 heteroatoms. The molecule has 1 amide bonds. The third kappa shape index (κ3) is 2.68. The molecule has 2 unspecified atom stereocenters. The van der Waals surface area contributed by atoms with Crippen LogP contribution in [0.5, 0.6) is 0 Å². The van der Waals surface area contributed by atoms with Gasteiger partial charge in [0, 0.05) is 31.2 Å². The summed E-state index contributed by atoms with van der Waals surface area (Å²) in [5.41, 5.74) is 1.04. The van der Waals surface area contributed by atoms with Crippen molar-refractivity contribution in [3.63, 3.8) is 0 Å². The van der Waals surface area contributed by atoms with Gasteiger partial charge in [-0.25, -0.2) is 0 Å². The molecule has 2 atom stereocenters. The Kier molecular flexibility index (Phi) is 4.24. The van der Waals surface area contributed by atoms with Gasteiger partial charge in [-0.05, 0) is 24.6 Å². The average Bonchev–Trinajstić information content (AvgIpc) is 3.01. The number of halogens is 1. The van der Waals surface area contributed by atoms with E-state index in [9.17, 15) is 4.79 Å². The molecule has 0 radical (unpaired) electrons. The van der Waals surface area contributed by atoms with Crippen molar-refractivity contribution in [2.24, 2.45) is 5.92 Å². The summed E-state index contributed by atoms with van der Waals surface area (Å²) in [7, 11) is 0. The maximum absolute atomic E-state index is 12.7. The molecule has 0 spiro atoms. The number of piperazine rings is 1. The largest absolute Gasteiger partial charge is 0.333 e. The standard InChI is InChI=1S/C15H20ClN3O/c16-13-4-2-1-3-12(13)14-10-18-7-8-19(14)15(20)11-5-6-17-9-11/h1-4,11,14,17-18H,5-10H2. The molecule has 3 rings (SSSR count). The summed E-state index contributed by atoms with van der Waals surface area (Å²) in [5, 5.41) is 7.38.